The third kappa shape index (κ3) is 3.23. The lowest BCUT2D eigenvalue weighted by molar-refractivity contribution is 0.0942. The van der Waals surface area contributed by atoms with E-state index in [1.54, 1.807) is 13.2 Å². The van der Waals surface area contributed by atoms with Crippen LogP contribution in [0.1, 0.15) is 35.6 Å². The van der Waals surface area contributed by atoms with Crippen LogP contribution in [0.15, 0.2) is 24.3 Å². The maximum atomic E-state index is 9.83. The van der Waals surface area contributed by atoms with Crippen LogP contribution in [-0.4, -0.2) is 37.0 Å². The second-order valence-corrected chi connectivity index (χ2v) is 7.08. The minimum Gasteiger partial charge on any atom is -0.504 e. The second kappa shape index (κ2) is 7.16. The molecular weight excluding hydrogens is 342 g/mol. The highest BCUT2D eigenvalue weighted by atomic mass is 16.5. The van der Waals surface area contributed by atoms with Gasteiger partial charge in [-0.3, -0.25) is 4.90 Å². The first-order valence-corrected chi connectivity index (χ1v) is 9.33. The molecule has 0 aliphatic carbocycles. The Morgan fingerprint density at radius 2 is 2.04 bits per heavy atom. The number of hydrogen-bond donors (Lipinski definition) is 1. The van der Waals surface area contributed by atoms with Gasteiger partial charge in [-0.2, -0.15) is 0 Å². The third-order valence-electron chi connectivity index (χ3n) is 5.14. The lowest BCUT2D eigenvalue weighted by Gasteiger charge is -2.31. The number of nitrogens with zero attached hydrogens (tertiary/aromatic N) is 1. The Morgan fingerprint density at radius 3 is 2.81 bits per heavy atom. The van der Waals surface area contributed by atoms with E-state index in [2.05, 4.69) is 30.9 Å². The molecule has 142 valence electrons. The minimum absolute atomic E-state index is 0.136. The highest BCUT2D eigenvalue weighted by Crippen LogP contribution is 2.42. The molecule has 0 bridgehead atoms. The smallest absolute Gasteiger partial charge is 0.161 e. The van der Waals surface area contributed by atoms with Crippen molar-refractivity contribution in [3.8, 4) is 23.0 Å². The SMILES string of the molecule is CCCN1COc2c(cc3c(c2C)OCC(c2ccc(O)c(OC)c2)=C3)C1. The summed E-state index contributed by atoms with van der Waals surface area (Å²) in [5.74, 6) is 2.46. The molecule has 0 radical (unpaired) electrons. The Morgan fingerprint density at radius 1 is 1.19 bits per heavy atom. The highest BCUT2D eigenvalue weighted by molar-refractivity contribution is 5.87. The number of rotatable bonds is 4. The van der Waals surface area contributed by atoms with E-state index in [1.165, 1.54) is 5.56 Å². The van der Waals surface area contributed by atoms with Gasteiger partial charge >= 0.3 is 0 Å². The second-order valence-electron chi connectivity index (χ2n) is 7.08. The Labute approximate surface area is 159 Å². The van der Waals surface area contributed by atoms with E-state index in [9.17, 15) is 5.11 Å². The molecule has 2 aliphatic heterocycles. The topological polar surface area (TPSA) is 51.2 Å². The van der Waals surface area contributed by atoms with E-state index in [-0.39, 0.29) is 5.75 Å². The van der Waals surface area contributed by atoms with Gasteiger partial charge in [0.2, 0.25) is 0 Å². The lowest BCUT2D eigenvalue weighted by atomic mass is 9.95. The fourth-order valence-corrected chi connectivity index (χ4v) is 3.82. The Balaban J connectivity index is 1.72. The number of phenols is 1. The molecule has 2 aromatic carbocycles. The molecule has 0 fully saturated rings. The summed E-state index contributed by atoms with van der Waals surface area (Å²) in [6, 6.07) is 7.55. The largest absolute Gasteiger partial charge is 0.504 e. The van der Waals surface area contributed by atoms with Gasteiger partial charge in [0.05, 0.1) is 7.11 Å². The van der Waals surface area contributed by atoms with Crippen LogP contribution in [0.25, 0.3) is 11.6 Å². The van der Waals surface area contributed by atoms with E-state index in [1.807, 2.05) is 12.1 Å². The van der Waals surface area contributed by atoms with Crippen LogP contribution in [0.2, 0.25) is 0 Å². The highest BCUT2D eigenvalue weighted by Gasteiger charge is 2.25. The van der Waals surface area contributed by atoms with Crippen molar-refractivity contribution in [2.45, 2.75) is 26.8 Å². The van der Waals surface area contributed by atoms with Crippen LogP contribution in [0.3, 0.4) is 0 Å². The fraction of sp³-hybridized carbons (Fsp3) is 0.364. The van der Waals surface area contributed by atoms with Gasteiger partial charge in [-0.05, 0) is 48.8 Å². The molecule has 5 nitrogen and oxygen atoms in total. The number of phenolic OH excluding ortho intramolecular Hbond substituents is 1. The summed E-state index contributed by atoms with van der Waals surface area (Å²) in [6.07, 6.45) is 3.27. The molecular formula is C22H25NO4. The van der Waals surface area contributed by atoms with E-state index >= 15 is 0 Å². The van der Waals surface area contributed by atoms with Crippen LogP contribution in [0.4, 0.5) is 0 Å². The van der Waals surface area contributed by atoms with Crippen molar-refractivity contribution in [2.75, 3.05) is 27.0 Å². The molecule has 2 heterocycles. The normalized spacial score (nSPS) is 15.9. The predicted molar refractivity (Wildman–Crippen MR) is 105 cm³/mol. The molecule has 0 amide bonds. The first kappa shape index (κ1) is 17.7. The third-order valence-corrected chi connectivity index (χ3v) is 5.14. The van der Waals surface area contributed by atoms with Crippen molar-refractivity contribution in [2.24, 2.45) is 0 Å². The molecule has 2 aromatic rings. The average Bonchev–Trinajstić information content (AvgIpc) is 2.68. The molecule has 0 atom stereocenters. The first-order valence-electron chi connectivity index (χ1n) is 9.33. The first-order chi connectivity index (χ1) is 13.1. The van der Waals surface area contributed by atoms with Gasteiger partial charge in [0.1, 0.15) is 24.8 Å². The maximum absolute atomic E-state index is 9.83. The van der Waals surface area contributed by atoms with Gasteiger partial charge in [-0.15, -0.1) is 0 Å². The van der Waals surface area contributed by atoms with Gasteiger partial charge in [0.25, 0.3) is 0 Å². The summed E-state index contributed by atoms with van der Waals surface area (Å²) in [7, 11) is 1.55. The molecule has 1 N–H and O–H groups in total. The molecule has 0 unspecified atom stereocenters. The van der Waals surface area contributed by atoms with Crippen molar-refractivity contribution < 1.29 is 19.3 Å². The zero-order valence-corrected chi connectivity index (χ0v) is 16.0. The van der Waals surface area contributed by atoms with Crippen molar-refractivity contribution in [3.05, 3.63) is 46.5 Å². The Hall–Kier alpha value is -2.66. The molecule has 0 saturated carbocycles. The number of benzene rings is 2. The summed E-state index contributed by atoms with van der Waals surface area (Å²) in [4.78, 5) is 2.31. The van der Waals surface area contributed by atoms with Gasteiger partial charge in [-0.25, -0.2) is 0 Å². The van der Waals surface area contributed by atoms with E-state index in [4.69, 9.17) is 14.2 Å². The number of hydrogen-bond acceptors (Lipinski definition) is 5. The van der Waals surface area contributed by atoms with Crippen LogP contribution >= 0.6 is 0 Å². The average molecular weight is 367 g/mol. The van der Waals surface area contributed by atoms with Crippen LogP contribution in [-0.2, 0) is 6.54 Å². The van der Waals surface area contributed by atoms with Crippen molar-refractivity contribution in [1.82, 2.24) is 4.90 Å². The monoisotopic (exact) mass is 367 g/mol. The Kier molecular flexibility index (Phi) is 4.70. The van der Waals surface area contributed by atoms with Gasteiger partial charge < -0.3 is 19.3 Å². The quantitative estimate of drug-likeness (QED) is 0.878. The number of methoxy groups -OCH3 is 1. The summed E-state index contributed by atoms with van der Waals surface area (Å²) in [6.45, 7) is 7.28. The fourth-order valence-electron chi connectivity index (χ4n) is 3.82. The Bertz CT molecular complexity index is 904. The number of aromatic hydroxyl groups is 1. The molecule has 0 spiro atoms. The molecule has 5 heteroatoms. The van der Waals surface area contributed by atoms with Crippen LogP contribution < -0.4 is 14.2 Å². The van der Waals surface area contributed by atoms with Crippen LogP contribution in [0, 0.1) is 6.92 Å². The zero-order chi connectivity index (χ0) is 19.0. The molecule has 0 aromatic heterocycles. The summed E-state index contributed by atoms with van der Waals surface area (Å²) < 4.78 is 17.4. The van der Waals surface area contributed by atoms with Crippen LogP contribution in [0.5, 0.6) is 23.0 Å². The molecule has 27 heavy (non-hydrogen) atoms. The predicted octanol–water partition coefficient (Wildman–Crippen LogP) is 4.20. The number of ether oxygens (including phenoxy) is 3. The molecule has 4 rings (SSSR count). The molecule has 2 aliphatic rings. The summed E-state index contributed by atoms with van der Waals surface area (Å²) in [5.41, 5.74) is 5.38. The van der Waals surface area contributed by atoms with E-state index in [0.717, 1.165) is 53.3 Å². The molecule has 0 saturated heterocycles. The van der Waals surface area contributed by atoms with Crippen molar-refractivity contribution in [1.29, 1.82) is 0 Å². The van der Waals surface area contributed by atoms with Crippen molar-refractivity contribution >= 4 is 11.6 Å². The lowest BCUT2D eigenvalue weighted by Crippen LogP contribution is -2.33. The zero-order valence-electron chi connectivity index (χ0n) is 16.0. The van der Waals surface area contributed by atoms with Gasteiger partial charge in [0, 0.05) is 29.8 Å². The van der Waals surface area contributed by atoms with Gasteiger partial charge in [-0.1, -0.05) is 13.0 Å². The van der Waals surface area contributed by atoms with E-state index < -0.39 is 0 Å². The standard InChI is InChI=1S/C22H25NO4/c1-4-7-23-11-17-8-16-9-18(15-5-6-19(24)20(10-15)25-3)12-26-21(16)14(2)22(17)27-13-23/h5-6,8-10,24H,4,7,11-13H2,1-3H3. The van der Waals surface area contributed by atoms with E-state index in [0.29, 0.717) is 19.1 Å². The minimum atomic E-state index is 0.136. The summed E-state index contributed by atoms with van der Waals surface area (Å²) >= 11 is 0. The van der Waals surface area contributed by atoms with Crippen molar-refractivity contribution in [3.63, 3.8) is 0 Å². The van der Waals surface area contributed by atoms with Gasteiger partial charge in [0.15, 0.2) is 11.5 Å². The summed E-state index contributed by atoms with van der Waals surface area (Å²) in [5, 5.41) is 9.83. The maximum Gasteiger partial charge on any atom is 0.161 e. The number of fused-ring (bicyclic) bond motifs is 2.